The molecule has 2 heterocycles. The summed E-state index contributed by atoms with van der Waals surface area (Å²) in [4.78, 5) is 18.8. The molecule has 0 saturated heterocycles. The first-order valence-corrected chi connectivity index (χ1v) is 12.4. The zero-order valence-electron chi connectivity index (χ0n) is 21.3. The van der Waals surface area contributed by atoms with Crippen LogP contribution in [-0.2, 0) is 12.1 Å². The molecule has 0 amide bonds. The highest BCUT2D eigenvalue weighted by atomic mass is 16.5. The third-order valence-electron chi connectivity index (χ3n) is 6.91. The summed E-state index contributed by atoms with van der Waals surface area (Å²) in [6, 6.07) is 8.21. The molecule has 1 N–H and O–H groups in total. The summed E-state index contributed by atoms with van der Waals surface area (Å²) in [6.07, 6.45) is 5.95. The maximum Gasteiger partial charge on any atom is 0.252 e. The van der Waals surface area contributed by atoms with Crippen molar-refractivity contribution in [1.29, 1.82) is 0 Å². The number of tetrazole rings is 1. The lowest BCUT2D eigenvalue weighted by molar-refractivity contribution is 0.0580. The van der Waals surface area contributed by atoms with Gasteiger partial charge in [0, 0.05) is 24.2 Å². The standard InChI is InChI=1S/C26H38N6O2/c1-17(2)23(24-28-29-30-32(24)26(3,4)5)31(20-10-8-7-9-11-20)16-19-14-18-12-13-21(34-6)15-22(18)27-25(19)33/h12-15,17,20,23H,7-11,16H2,1-6H3,(H,27,33)/t23-/m0/s1. The Bertz CT molecular complexity index is 1170. The minimum atomic E-state index is -0.232. The second kappa shape index (κ2) is 9.86. The van der Waals surface area contributed by atoms with E-state index >= 15 is 0 Å². The van der Waals surface area contributed by atoms with E-state index in [2.05, 4.69) is 60.0 Å². The van der Waals surface area contributed by atoms with Crippen LogP contribution >= 0.6 is 0 Å². The fourth-order valence-corrected chi connectivity index (χ4v) is 5.22. The van der Waals surface area contributed by atoms with Gasteiger partial charge in [-0.1, -0.05) is 33.1 Å². The average molecular weight is 467 g/mol. The molecule has 1 atom stereocenters. The molecule has 8 heteroatoms. The quantitative estimate of drug-likeness (QED) is 0.537. The smallest absolute Gasteiger partial charge is 0.252 e. The number of methoxy groups -OCH3 is 1. The number of fused-ring (bicyclic) bond motifs is 1. The van der Waals surface area contributed by atoms with Crippen molar-refractivity contribution in [2.75, 3.05) is 7.11 Å². The molecule has 0 unspecified atom stereocenters. The molecule has 3 aromatic rings. The third kappa shape index (κ3) is 5.02. The molecule has 0 radical (unpaired) electrons. The topological polar surface area (TPSA) is 88.9 Å². The maximum absolute atomic E-state index is 13.2. The Morgan fingerprint density at radius 3 is 2.56 bits per heavy atom. The van der Waals surface area contributed by atoms with E-state index in [1.165, 1.54) is 19.3 Å². The summed E-state index contributed by atoms with van der Waals surface area (Å²) in [5.74, 6) is 1.88. The van der Waals surface area contributed by atoms with Gasteiger partial charge in [0.2, 0.25) is 0 Å². The summed E-state index contributed by atoms with van der Waals surface area (Å²) in [5, 5.41) is 13.9. The number of ether oxygens (including phenoxy) is 1. The van der Waals surface area contributed by atoms with Crippen LogP contribution < -0.4 is 10.3 Å². The Balaban J connectivity index is 1.78. The molecule has 1 saturated carbocycles. The normalized spacial score (nSPS) is 16.5. The van der Waals surface area contributed by atoms with Crippen molar-refractivity contribution in [3.05, 3.63) is 46.0 Å². The van der Waals surface area contributed by atoms with Crippen LogP contribution in [0.3, 0.4) is 0 Å². The molecule has 1 aliphatic carbocycles. The molecule has 0 bridgehead atoms. The van der Waals surface area contributed by atoms with Crippen LogP contribution in [0.1, 0.15) is 84.2 Å². The molecular formula is C26H38N6O2. The number of nitrogens with zero attached hydrogens (tertiary/aromatic N) is 5. The van der Waals surface area contributed by atoms with Crippen molar-refractivity contribution in [2.45, 2.75) is 90.9 Å². The summed E-state index contributed by atoms with van der Waals surface area (Å²) in [5.41, 5.74) is 1.27. The zero-order valence-corrected chi connectivity index (χ0v) is 21.3. The second-order valence-corrected chi connectivity index (χ2v) is 10.8. The lowest BCUT2D eigenvalue weighted by Crippen LogP contribution is -2.44. The SMILES string of the molecule is COc1ccc2cc(CN(C3CCCCC3)[C@H](c3nnnn3C(C)(C)C)C(C)C)c(=O)[nH]c2c1. The molecule has 1 aromatic carbocycles. The molecule has 1 aliphatic rings. The lowest BCUT2D eigenvalue weighted by atomic mass is 9.90. The minimum absolute atomic E-state index is 0.00305. The fourth-order valence-electron chi connectivity index (χ4n) is 5.22. The van der Waals surface area contributed by atoms with Gasteiger partial charge in [-0.05, 0) is 73.5 Å². The molecule has 8 nitrogen and oxygen atoms in total. The predicted octanol–water partition coefficient (Wildman–Crippen LogP) is 4.81. The highest BCUT2D eigenvalue weighted by molar-refractivity contribution is 5.80. The Morgan fingerprint density at radius 1 is 1.18 bits per heavy atom. The van der Waals surface area contributed by atoms with E-state index in [4.69, 9.17) is 4.74 Å². The lowest BCUT2D eigenvalue weighted by Gasteiger charge is -2.41. The first kappa shape index (κ1) is 24.4. The molecule has 4 rings (SSSR count). The average Bonchev–Trinajstić information content (AvgIpc) is 3.29. The van der Waals surface area contributed by atoms with Gasteiger partial charge in [0.15, 0.2) is 5.82 Å². The van der Waals surface area contributed by atoms with Crippen LogP contribution in [0.2, 0.25) is 0 Å². The van der Waals surface area contributed by atoms with E-state index in [9.17, 15) is 4.79 Å². The van der Waals surface area contributed by atoms with Crippen LogP contribution in [0.25, 0.3) is 10.9 Å². The van der Waals surface area contributed by atoms with E-state index in [0.717, 1.165) is 40.9 Å². The number of H-pyrrole nitrogens is 1. The number of aromatic nitrogens is 5. The highest BCUT2D eigenvalue weighted by Gasteiger charge is 2.36. The minimum Gasteiger partial charge on any atom is -0.497 e. The van der Waals surface area contributed by atoms with Gasteiger partial charge in [0.05, 0.1) is 24.2 Å². The van der Waals surface area contributed by atoms with Gasteiger partial charge >= 0.3 is 0 Å². The van der Waals surface area contributed by atoms with Gasteiger partial charge in [-0.3, -0.25) is 9.69 Å². The number of hydrogen-bond donors (Lipinski definition) is 1. The number of rotatable bonds is 7. The van der Waals surface area contributed by atoms with Crippen molar-refractivity contribution in [3.8, 4) is 5.75 Å². The monoisotopic (exact) mass is 466 g/mol. The van der Waals surface area contributed by atoms with Crippen molar-refractivity contribution in [2.24, 2.45) is 5.92 Å². The Labute approximate surface area is 201 Å². The third-order valence-corrected chi connectivity index (χ3v) is 6.91. The predicted molar refractivity (Wildman–Crippen MR) is 134 cm³/mol. The first-order chi connectivity index (χ1) is 16.2. The van der Waals surface area contributed by atoms with Gasteiger partial charge < -0.3 is 9.72 Å². The number of hydrogen-bond acceptors (Lipinski definition) is 6. The van der Waals surface area contributed by atoms with Gasteiger partial charge in [-0.2, -0.15) is 0 Å². The van der Waals surface area contributed by atoms with Crippen LogP contribution in [-0.4, -0.2) is 43.2 Å². The molecule has 0 spiro atoms. The van der Waals surface area contributed by atoms with Gasteiger partial charge in [-0.25, -0.2) is 4.68 Å². The molecule has 1 fully saturated rings. The van der Waals surface area contributed by atoms with Crippen molar-refractivity contribution < 1.29 is 4.74 Å². The number of pyridine rings is 1. The zero-order chi connectivity index (χ0) is 24.5. The van der Waals surface area contributed by atoms with Crippen LogP contribution in [0.5, 0.6) is 5.75 Å². The molecule has 34 heavy (non-hydrogen) atoms. The molecule has 0 aliphatic heterocycles. The van der Waals surface area contributed by atoms with Crippen LogP contribution in [0, 0.1) is 5.92 Å². The maximum atomic E-state index is 13.2. The van der Waals surface area contributed by atoms with E-state index < -0.39 is 0 Å². The first-order valence-electron chi connectivity index (χ1n) is 12.4. The van der Waals surface area contributed by atoms with E-state index in [1.54, 1.807) is 7.11 Å². The molecule has 184 valence electrons. The fraction of sp³-hybridized carbons (Fsp3) is 0.615. The number of aromatic amines is 1. The summed E-state index contributed by atoms with van der Waals surface area (Å²) < 4.78 is 7.27. The van der Waals surface area contributed by atoms with Crippen molar-refractivity contribution >= 4 is 10.9 Å². The second-order valence-electron chi connectivity index (χ2n) is 10.8. The molecular weight excluding hydrogens is 428 g/mol. The van der Waals surface area contributed by atoms with Crippen LogP contribution in [0.4, 0.5) is 0 Å². The Kier molecular flexibility index (Phi) is 7.07. The van der Waals surface area contributed by atoms with Crippen LogP contribution in [0.15, 0.2) is 29.1 Å². The number of benzene rings is 1. The van der Waals surface area contributed by atoms with Crippen molar-refractivity contribution in [1.82, 2.24) is 30.1 Å². The van der Waals surface area contributed by atoms with Crippen molar-refractivity contribution in [3.63, 3.8) is 0 Å². The van der Waals surface area contributed by atoms with Gasteiger partial charge in [0.1, 0.15) is 5.75 Å². The highest BCUT2D eigenvalue weighted by Crippen LogP contribution is 2.36. The summed E-state index contributed by atoms with van der Waals surface area (Å²) in [6.45, 7) is 11.4. The largest absolute Gasteiger partial charge is 0.497 e. The van der Waals surface area contributed by atoms with Gasteiger partial charge in [-0.15, -0.1) is 5.10 Å². The van der Waals surface area contributed by atoms with Gasteiger partial charge in [0.25, 0.3) is 5.56 Å². The van der Waals surface area contributed by atoms with E-state index in [1.807, 2.05) is 28.9 Å². The summed E-state index contributed by atoms with van der Waals surface area (Å²) in [7, 11) is 1.63. The Morgan fingerprint density at radius 2 is 1.91 bits per heavy atom. The van der Waals surface area contributed by atoms with E-state index in [-0.39, 0.29) is 23.1 Å². The van der Waals surface area contributed by atoms with E-state index in [0.29, 0.717) is 12.6 Å². The number of nitrogens with one attached hydrogen (secondary N) is 1. The summed E-state index contributed by atoms with van der Waals surface area (Å²) >= 11 is 0. The molecule has 2 aromatic heterocycles. The Hall–Kier alpha value is -2.74.